The number of anilines is 1. The summed E-state index contributed by atoms with van der Waals surface area (Å²) in [6.07, 6.45) is 0.458. The summed E-state index contributed by atoms with van der Waals surface area (Å²) in [5, 5.41) is 0. The lowest BCUT2D eigenvalue weighted by molar-refractivity contribution is -0.137. The number of alkyl halides is 3. The third kappa shape index (κ3) is 4.25. The fraction of sp³-hybridized carbons (Fsp3) is 0.435. The van der Waals surface area contributed by atoms with Crippen LogP contribution in [-0.2, 0) is 11.0 Å². The van der Waals surface area contributed by atoms with E-state index in [1.54, 1.807) is 12.0 Å². The molecule has 2 aliphatic rings. The summed E-state index contributed by atoms with van der Waals surface area (Å²) in [7, 11) is 1.60. The third-order valence-electron chi connectivity index (χ3n) is 5.89. The second-order valence-corrected chi connectivity index (χ2v) is 7.88. The number of carbonyl (C=O) groups is 1. The first-order valence-electron chi connectivity index (χ1n) is 10.2. The quantitative estimate of drug-likeness (QED) is 0.637. The predicted molar refractivity (Wildman–Crippen MR) is 107 cm³/mol. The molecule has 4 nitrogen and oxygen atoms in total. The fourth-order valence-electron chi connectivity index (χ4n) is 4.24. The predicted octanol–water partition coefficient (Wildman–Crippen LogP) is 5.56. The van der Waals surface area contributed by atoms with Crippen molar-refractivity contribution in [1.29, 1.82) is 0 Å². The smallest absolute Gasteiger partial charge is 0.416 e. The topological polar surface area (TPSA) is 38.8 Å². The molecule has 160 valence electrons. The van der Waals surface area contributed by atoms with Crippen molar-refractivity contribution in [2.75, 3.05) is 18.6 Å². The number of hydrogen-bond acceptors (Lipinski definition) is 3. The molecule has 1 saturated heterocycles. The molecule has 7 heteroatoms. The van der Waals surface area contributed by atoms with Gasteiger partial charge in [-0.1, -0.05) is 6.07 Å². The molecule has 0 unspecified atom stereocenters. The van der Waals surface area contributed by atoms with Crippen molar-refractivity contribution < 1.29 is 27.4 Å². The Labute approximate surface area is 173 Å². The minimum absolute atomic E-state index is 0.0587. The van der Waals surface area contributed by atoms with Crippen LogP contribution in [0.2, 0.25) is 0 Å². The van der Waals surface area contributed by atoms with Gasteiger partial charge in [-0.15, -0.1) is 0 Å². The van der Waals surface area contributed by atoms with Gasteiger partial charge < -0.3 is 14.4 Å². The zero-order valence-corrected chi connectivity index (χ0v) is 16.7. The fourth-order valence-corrected chi connectivity index (χ4v) is 4.24. The van der Waals surface area contributed by atoms with Crippen molar-refractivity contribution in [2.45, 2.75) is 50.3 Å². The molecule has 30 heavy (non-hydrogen) atoms. The van der Waals surface area contributed by atoms with E-state index in [0.29, 0.717) is 30.2 Å². The molecule has 0 bridgehead atoms. The third-order valence-corrected chi connectivity index (χ3v) is 5.89. The van der Waals surface area contributed by atoms with Crippen molar-refractivity contribution in [1.82, 2.24) is 0 Å². The van der Waals surface area contributed by atoms with Gasteiger partial charge in [0.2, 0.25) is 5.91 Å². The summed E-state index contributed by atoms with van der Waals surface area (Å²) >= 11 is 0. The summed E-state index contributed by atoms with van der Waals surface area (Å²) in [5.74, 6) is 1.18. The normalized spacial score (nSPS) is 20.1. The van der Waals surface area contributed by atoms with Gasteiger partial charge in [-0.2, -0.15) is 13.2 Å². The SMILES string of the molecule is COc1ccc([C@H]2CC(=O)N(c3ccc(C(F)(F)F)cc3)C2)cc1OC1CCCC1. The molecule has 4 rings (SSSR count). The minimum atomic E-state index is -4.39. The highest BCUT2D eigenvalue weighted by molar-refractivity contribution is 5.96. The van der Waals surface area contributed by atoms with Crippen molar-refractivity contribution >= 4 is 11.6 Å². The number of methoxy groups -OCH3 is 1. The first-order valence-corrected chi connectivity index (χ1v) is 10.2. The molecule has 2 fully saturated rings. The van der Waals surface area contributed by atoms with Crippen molar-refractivity contribution in [3.05, 3.63) is 53.6 Å². The molecule has 1 atom stereocenters. The standard InChI is InChI=1S/C23H24F3NO3/c1-29-20-11-6-15(12-21(20)30-19-4-2-3-5-19)16-13-22(28)27(14-16)18-9-7-17(8-10-18)23(24,25)26/h6-12,16,19H,2-5,13-14H2,1H3/t16-/m0/s1. The molecule has 0 spiro atoms. The minimum Gasteiger partial charge on any atom is -0.493 e. The highest BCUT2D eigenvalue weighted by Gasteiger charge is 2.34. The van der Waals surface area contributed by atoms with Crippen molar-refractivity contribution in [2.24, 2.45) is 0 Å². The summed E-state index contributed by atoms with van der Waals surface area (Å²) in [4.78, 5) is 14.1. The molecule has 2 aromatic carbocycles. The van der Waals surface area contributed by atoms with Gasteiger partial charge in [0.15, 0.2) is 11.5 Å². The highest BCUT2D eigenvalue weighted by atomic mass is 19.4. The largest absolute Gasteiger partial charge is 0.493 e. The molecule has 0 N–H and O–H groups in total. The Kier molecular flexibility index (Phi) is 5.62. The van der Waals surface area contributed by atoms with Crippen LogP contribution in [-0.4, -0.2) is 25.7 Å². The Balaban J connectivity index is 1.52. The van der Waals surface area contributed by atoms with Crippen LogP contribution in [0.15, 0.2) is 42.5 Å². The van der Waals surface area contributed by atoms with Crippen molar-refractivity contribution in [3.8, 4) is 11.5 Å². The van der Waals surface area contributed by atoms with E-state index in [9.17, 15) is 18.0 Å². The molecular formula is C23H24F3NO3. The lowest BCUT2D eigenvalue weighted by atomic mass is 9.98. The summed E-state index contributed by atoms with van der Waals surface area (Å²) in [6, 6.07) is 10.4. The average Bonchev–Trinajstić information content (AvgIpc) is 3.37. The summed E-state index contributed by atoms with van der Waals surface area (Å²) < 4.78 is 50.0. The Hall–Kier alpha value is -2.70. The summed E-state index contributed by atoms with van der Waals surface area (Å²) in [5.41, 5.74) is 0.719. The molecule has 2 aromatic rings. The Bertz CT molecular complexity index is 905. The van der Waals surface area contributed by atoms with E-state index in [1.807, 2.05) is 18.2 Å². The van der Waals surface area contributed by atoms with E-state index in [-0.39, 0.29) is 17.9 Å². The highest BCUT2D eigenvalue weighted by Crippen LogP contribution is 2.38. The van der Waals surface area contributed by atoms with E-state index in [1.165, 1.54) is 12.1 Å². The van der Waals surface area contributed by atoms with Crippen LogP contribution in [0.3, 0.4) is 0 Å². The maximum Gasteiger partial charge on any atom is 0.416 e. The van der Waals surface area contributed by atoms with Gasteiger partial charge in [0.25, 0.3) is 0 Å². The van der Waals surface area contributed by atoms with Crippen molar-refractivity contribution in [3.63, 3.8) is 0 Å². The first kappa shape index (κ1) is 20.6. The maximum atomic E-state index is 12.8. The van der Waals surface area contributed by atoms with E-state index >= 15 is 0 Å². The monoisotopic (exact) mass is 419 g/mol. The van der Waals surface area contributed by atoms with Gasteiger partial charge in [0.1, 0.15) is 0 Å². The van der Waals surface area contributed by atoms with E-state index in [0.717, 1.165) is 43.4 Å². The van der Waals surface area contributed by atoms with E-state index < -0.39 is 11.7 Å². The van der Waals surface area contributed by atoms with Gasteiger partial charge >= 0.3 is 6.18 Å². The molecular weight excluding hydrogens is 395 g/mol. The lowest BCUT2D eigenvalue weighted by Gasteiger charge is -2.20. The van der Waals surface area contributed by atoms with Crippen LogP contribution in [0.25, 0.3) is 0 Å². The van der Waals surface area contributed by atoms with Gasteiger partial charge in [0, 0.05) is 24.6 Å². The van der Waals surface area contributed by atoms with E-state index in [2.05, 4.69) is 0 Å². The van der Waals surface area contributed by atoms with E-state index in [4.69, 9.17) is 9.47 Å². The molecule has 0 aromatic heterocycles. The second-order valence-electron chi connectivity index (χ2n) is 7.88. The average molecular weight is 419 g/mol. The number of nitrogens with zero attached hydrogens (tertiary/aromatic N) is 1. The molecule has 1 heterocycles. The number of carbonyl (C=O) groups excluding carboxylic acids is 1. The van der Waals surface area contributed by atoms with Crippen LogP contribution in [0, 0.1) is 0 Å². The summed E-state index contributed by atoms with van der Waals surface area (Å²) in [6.45, 7) is 0.416. The molecule has 1 amide bonds. The number of ether oxygens (including phenoxy) is 2. The molecule has 1 aliphatic carbocycles. The first-order chi connectivity index (χ1) is 14.3. The van der Waals surface area contributed by atoms with Gasteiger partial charge in [-0.05, 0) is 67.6 Å². The lowest BCUT2D eigenvalue weighted by Crippen LogP contribution is -2.24. The number of rotatable bonds is 5. The zero-order chi connectivity index (χ0) is 21.3. The van der Waals surface area contributed by atoms with Gasteiger partial charge in [-0.25, -0.2) is 0 Å². The number of amides is 1. The van der Waals surface area contributed by atoms with Gasteiger partial charge in [0.05, 0.1) is 18.8 Å². The Morgan fingerprint density at radius 2 is 1.70 bits per heavy atom. The molecule has 1 saturated carbocycles. The van der Waals surface area contributed by atoms with Crippen LogP contribution < -0.4 is 14.4 Å². The van der Waals surface area contributed by atoms with Crippen LogP contribution in [0.1, 0.15) is 49.1 Å². The van der Waals surface area contributed by atoms with Crippen LogP contribution in [0.4, 0.5) is 18.9 Å². The molecule has 0 radical (unpaired) electrons. The van der Waals surface area contributed by atoms with Crippen LogP contribution >= 0.6 is 0 Å². The second kappa shape index (κ2) is 8.20. The Morgan fingerprint density at radius 1 is 1.00 bits per heavy atom. The number of hydrogen-bond donors (Lipinski definition) is 0. The molecule has 1 aliphatic heterocycles. The maximum absolute atomic E-state index is 12.8. The van der Waals surface area contributed by atoms with Gasteiger partial charge in [-0.3, -0.25) is 4.79 Å². The number of benzene rings is 2. The number of halogens is 3. The zero-order valence-electron chi connectivity index (χ0n) is 16.7. The van der Waals surface area contributed by atoms with Crippen LogP contribution in [0.5, 0.6) is 11.5 Å². The Morgan fingerprint density at radius 3 is 2.33 bits per heavy atom.